The average molecular weight is 317 g/mol. The van der Waals surface area contributed by atoms with Crippen molar-refractivity contribution in [1.82, 2.24) is 0 Å². The highest BCUT2D eigenvalue weighted by atomic mass is 35.5. The quantitative estimate of drug-likeness (QED) is 0.837. The maximum Gasteiger partial charge on any atom is 0.526 e. The van der Waals surface area contributed by atoms with Gasteiger partial charge in [0.15, 0.2) is 0 Å². The van der Waals surface area contributed by atoms with E-state index in [9.17, 15) is 14.6 Å². The number of hydrogen-bond donors (Lipinski definition) is 2. The summed E-state index contributed by atoms with van der Waals surface area (Å²) < 4.78 is 5.25. The molecule has 0 radical (unpaired) electrons. The van der Waals surface area contributed by atoms with Gasteiger partial charge in [-0.15, -0.1) is 0 Å². The van der Waals surface area contributed by atoms with Gasteiger partial charge in [0.1, 0.15) is 17.1 Å². The Balaban J connectivity index is 2.50. The molecule has 8 heteroatoms. The highest BCUT2D eigenvalue weighted by Crippen LogP contribution is 2.43. The first-order chi connectivity index (χ1) is 9.31. The van der Waals surface area contributed by atoms with E-state index in [1.165, 1.54) is 13.0 Å². The van der Waals surface area contributed by atoms with Crippen LogP contribution in [0.5, 0.6) is 5.75 Å². The molecule has 0 saturated heterocycles. The van der Waals surface area contributed by atoms with E-state index in [4.69, 9.17) is 33.0 Å². The minimum Gasteiger partial charge on any atom is -0.535 e. The number of Topliss-reactive ketones (excluding diaryl/α,β-unsaturated/α-hetero) is 1. The molecular weight excluding hydrogens is 306 g/mol. The average Bonchev–Trinajstić information content (AvgIpc) is 2.34. The second-order valence-electron chi connectivity index (χ2n) is 4.71. The Hall–Kier alpha value is -1.24. The van der Waals surface area contributed by atoms with E-state index in [1.54, 1.807) is 0 Å². The molecule has 1 aromatic rings. The van der Waals surface area contributed by atoms with Crippen LogP contribution < -0.4 is 4.65 Å². The van der Waals surface area contributed by atoms with E-state index in [0.29, 0.717) is 5.56 Å². The van der Waals surface area contributed by atoms with Crippen LogP contribution in [0.3, 0.4) is 0 Å². The number of rotatable bonds is 3. The fourth-order valence-corrected chi connectivity index (χ4v) is 2.70. The first-order valence-electron chi connectivity index (χ1n) is 5.89. The Kier molecular flexibility index (Phi) is 4.27. The molecule has 1 heterocycles. The van der Waals surface area contributed by atoms with Crippen LogP contribution in [0.25, 0.3) is 0 Å². The van der Waals surface area contributed by atoms with Crippen molar-refractivity contribution in [3.05, 3.63) is 27.2 Å². The molecule has 0 aromatic heterocycles. The highest BCUT2D eigenvalue weighted by Gasteiger charge is 2.38. The van der Waals surface area contributed by atoms with Gasteiger partial charge in [-0.3, -0.25) is 0 Å². The SMILES string of the molecule is CC(=O)C[C@H]1Cc2c(Cl)c(Cl)cc(C(=O)O)c2OB1O. The van der Waals surface area contributed by atoms with Crippen molar-refractivity contribution in [2.24, 2.45) is 0 Å². The zero-order chi connectivity index (χ0) is 15.0. The highest BCUT2D eigenvalue weighted by molar-refractivity contribution is 6.48. The van der Waals surface area contributed by atoms with Gasteiger partial charge in [-0.1, -0.05) is 23.2 Å². The van der Waals surface area contributed by atoms with Crippen molar-refractivity contribution < 1.29 is 24.4 Å². The Labute approximate surface area is 125 Å². The van der Waals surface area contributed by atoms with Crippen molar-refractivity contribution in [2.75, 3.05) is 0 Å². The van der Waals surface area contributed by atoms with Gasteiger partial charge >= 0.3 is 13.1 Å². The van der Waals surface area contributed by atoms with Crippen LogP contribution >= 0.6 is 23.2 Å². The number of carbonyl (C=O) groups is 2. The summed E-state index contributed by atoms with van der Waals surface area (Å²) in [5.41, 5.74) is 0.253. The molecular formula is C12H11BCl2O5. The molecule has 1 aromatic carbocycles. The summed E-state index contributed by atoms with van der Waals surface area (Å²) in [6, 6.07) is 1.18. The lowest BCUT2D eigenvalue weighted by atomic mass is 9.64. The van der Waals surface area contributed by atoms with Crippen LogP contribution in [0.15, 0.2) is 6.07 Å². The number of hydrogen-bond acceptors (Lipinski definition) is 4. The molecule has 2 rings (SSSR count). The van der Waals surface area contributed by atoms with Crippen molar-refractivity contribution >= 4 is 42.1 Å². The summed E-state index contributed by atoms with van der Waals surface area (Å²) in [5, 5.41) is 19.3. The van der Waals surface area contributed by atoms with E-state index in [1.807, 2.05) is 0 Å². The fraction of sp³-hybridized carbons (Fsp3) is 0.333. The lowest BCUT2D eigenvalue weighted by molar-refractivity contribution is -0.117. The summed E-state index contributed by atoms with van der Waals surface area (Å²) in [6.45, 7) is 1.41. The van der Waals surface area contributed by atoms with Crippen LogP contribution in [-0.4, -0.2) is 29.0 Å². The molecule has 1 atom stereocenters. The molecule has 0 aliphatic carbocycles. The molecule has 2 N–H and O–H groups in total. The number of halogens is 2. The lowest BCUT2D eigenvalue weighted by Gasteiger charge is -2.28. The molecule has 0 amide bonds. The normalized spacial score (nSPS) is 17.4. The first-order valence-corrected chi connectivity index (χ1v) is 6.65. The summed E-state index contributed by atoms with van der Waals surface area (Å²) >= 11 is 12.0. The maximum atomic E-state index is 11.2. The molecule has 5 nitrogen and oxygen atoms in total. The summed E-state index contributed by atoms with van der Waals surface area (Å²) in [6.07, 6.45) is 0.349. The molecule has 0 saturated carbocycles. The number of carboxylic acid groups (broad SMARTS) is 1. The van der Waals surface area contributed by atoms with Gasteiger partial charge in [-0.25, -0.2) is 4.79 Å². The smallest absolute Gasteiger partial charge is 0.526 e. The third-order valence-electron chi connectivity index (χ3n) is 3.15. The minimum atomic E-state index is -1.25. The van der Waals surface area contributed by atoms with Gasteiger partial charge in [0.25, 0.3) is 0 Å². The molecule has 0 unspecified atom stereocenters. The van der Waals surface area contributed by atoms with Crippen LogP contribution in [0.4, 0.5) is 0 Å². The third-order valence-corrected chi connectivity index (χ3v) is 3.98. The van der Waals surface area contributed by atoms with Crippen molar-refractivity contribution in [3.8, 4) is 5.75 Å². The number of benzene rings is 1. The molecule has 106 valence electrons. The Bertz CT molecular complexity index is 590. The molecule has 0 spiro atoms. The molecule has 1 aliphatic heterocycles. The number of aromatic carboxylic acids is 1. The van der Waals surface area contributed by atoms with E-state index in [-0.39, 0.29) is 40.0 Å². The monoisotopic (exact) mass is 316 g/mol. The molecule has 1 aliphatic rings. The predicted molar refractivity (Wildman–Crippen MR) is 74.8 cm³/mol. The van der Waals surface area contributed by atoms with E-state index < -0.39 is 18.9 Å². The molecule has 0 bridgehead atoms. The van der Waals surface area contributed by atoms with Gasteiger partial charge in [-0.2, -0.15) is 0 Å². The second-order valence-corrected chi connectivity index (χ2v) is 5.50. The van der Waals surface area contributed by atoms with Crippen LogP contribution in [0.2, 0.25) is 15.9 Å². The largest absolute Gasteiger partial charge is 0.535 e. The molecule has 0 fully saturated rings. The zero-order valence-corrected chi connectivity index (χ0v) is 12.0. The van der Waals surface area contributed by atoms with E-state index >= 15 is 0 Å². The minimum absolute atomic E-state index is 0.0132. The van der Waals surface area contributed by atoms with E-state index in [2.05, 4.69) is 0 Å². The van der Waals surface area contributed by atoms with Crippen LogP contribution in [-0.2, 0) is 11.2 Å². The molecule has 20 heavy (non-hydrogen) atoms. The van der Waals surface area contributed by atoms with Crippen molar-refractivity contribution in [2.45, 2.75) is 25.6 Å². The van der Waals surface area contributed by atoms with E-state index in [0.717, 1.165) is 0 Å². The predicted octanol–water partition coefficient (Wildman–Crippen LogP) is 2.46. The summed E-state index contributed by atoms with van der Waals surface area (Å²) in [7, 11) is -1.25. The number of fused-ring (bicyclic) bond motifs is 1. The van der Waals surface area contributed by atoms with Gasteiger partial charge in [0, 0.05) is 17.8 Å². The summed E-state index contributed by atoms with van der Waals surface area (Å²) in [4.78, 5) is 22.4. The number of ketones is 1. The Morgan fingerprint density at radius 2 is 2.15 bits per heavy atom. The number of carbonyl (C=O) groups excluding carboxylic acids is 1. The van der Waals surface area contributed by atoms with Gasteiger partial charge in [0.2, 0.25) is 0 Å². The van der Waals surface area contributed by atoms with Crippen LogP contribution in [0, 0.1) is 0 Å². The fourth-order valence-electron chi connectivity index (χ4n) is 2.26. The summed E-state index contributed by atoms with van der Waals surface area (Å²) in [5.74, 6) is -1.79. The Morgan fingerprint density at radius 1 is 1.50 bits per heavy atom. The standard InChI is InChI=1S/C12H11BCl2O5/c1-5(16)2-6-3-7-10(15)9(14)4-8(12(17)18)11(7)20-13(6)19/h4,6,19H,2-3H2,1H3,(H,17,18)/t6-/m0/s1. The third kappa shape index (κ3) is 2.77. The van der Waals surface area contributed by atoms with Crippen molar-refractivity contribution in [3.63, 3.8) is 0 Å². The topological polar surface area (TPSA) is 83.8 Å². The van der Waals surface area contributed by atoms with Gasteiger partial charge in [-0.05, 0) is 19.4 Å². The van der Waals surface area contributed by atoms with Gasteiger partial charge < -0.3 is 19.6 Å². The first kappa shape index (κ1) is 15.2. The van der Waals surface area contributed by atoms with Gasteiger partial charge in [0.05, 0.1) is 10.0 Å². The van der Waals surface area contributed by atoms with Crippen molar-refractivity contribution in [1.29, 1.82) is 0 Å². The lowest BCUT2D eigenvalue weighted by Crippen LogP contribution is -2.35. The Morgan fingerprint density at radius 3 is 2.70 bits per heavy atom. The number of carboxylic acids is 1. The van der Waals surface area contributed by atoms with Crippen LogP contribution in [0.1, 0.15) is 29.3 Å². The zero-order valence-electron chi connectivity index (χ0n) is 10.5. The maximum absolute atomic E-state index is 11.2. The second kappa shape index (κ2) is 5.64.